The molecule has 3 saturated carbocycles. The predicted octanol–water partition coefficient (Wildman–Crippen LogP) is 3.97. The lowest BCUT2D eigenvalue weighted by Gasteiger charge is -2.60. The standard InChI is InChI=1S/C25H36O5/c1-6-19(28)25-20(29-22(2,3)30-25)12-17-16-8-7-14-11-15(26)9-10-23(14,4)21(16)18(27)13-24(17,25)5/h11,16-18,20-21,27H,6-10,12-13H2,1-5H3/t16-,17-,18-,20+,21+,23-,24-,25+/m0/s1. The smallest absolute Gasteiger partial charge is 0.167 e. The van der Waals surface area contributed by atoms with Crippen LogP contribution >= 0.6 is 0 Å². The molecular weight excluding hydrogens is 380 g/mol. The van der Waals surface area contributed by atoms with Gasteiger partial charge in [-0.15, -0.1) is 0 Å². The van der Waals surface area contributed by atoms with E-state index in [2.05, 4.69) is 13.8 Å². The summed E-state index contributed by atoms with van der Waals surface area (Å²) in [5, 5.41) is 11.6. The highest BCUT2D eigenvalue weighted by Crippen LogP contribution is 2.70. The lowest BCUT2D eigenvalue weighted by molar-refractivity contribution is -0.226. The second-order valence-electron chi connectivity index (χ2n) is 11.4. The zero-order valence-electron chi connectivity index (χ0n) is 19.0. The molecule has 166 valence electrons. The quantitative estimate of drug-likeness (QED) is 0.737. The lowest BCUT2D eigenvalue weighted by Crippen LogP contribution is -2.63. The number of fused-ring (bicyclic) bond motifs is 7. The van der Waals surface area contributed by atoms with Crippen LogP contribution in [0.3, 0.4) is 0 Å². The number of allylic oxidation sites excluding steroid dienone is 1. The fraction of sp³-hybridized carbons (Fsp3) is 0.840. The Kier molecular flexibility index (Phi) is 4.35. The van der Waals surface area contributed by atoms with Crippen LogP contribution in [-0.4, -0.2) is 40.3 Å². The maximum atomic E-state index is 13.4. The minimum Gasteiger partial charge on any atom is -0.393 e. The molecule has 0 amide bonds. The first-order chi connectivity index (χ1) is 14.0. The minimum atomic E-state index is -0.971. The number of rotatable bonds is 2. The third kappa shape index (κ3) is 2.40. The summed E-state index contributed by atoms with van der Waals surface area (Å²) >= 11 is 0. The first kappa shape index (κ1) is 20.8. The summed E-state index contributed by atoms with van der Waals surface area (Å²) in [6, 6.07) is 0. The summed E-state index contributed by atoms with van der Waals surface area (Å²) < 4.78 is 12.9. The van der Waals surface area contributed by atoms with Crippen molar-refractivity contribution in [3.05, 3.63) is 11.6 Å². The monoisotopic (exact) mass is 416 g/mol. The number of aliphatic hydroxyl groups excluding tert-OH is 1. The molecule has 0 radical (unpaired) electrons. The van der Waals surface area contributed by atoms with Gasteiger partial charge in [0, 0.05) is 18.3 Å². The fourth-order valence-electron chi connectivity index (χ4n) is 8.55. The number of ether oxygens (including phenoxy) is 2. The van der Waals surface area contributed by atoms with E-state index < -0.39 is 22.9 Å². The molecular formula is C25H36O5. The molecule has 4 fully saturated rings. The average molecular weight is 417 g/mol. The summed E-state index contributed by atoms with van der Waals surface area (Å²) in [6.45, 7) is 10.1. The summed E-state index contributed by atoms with van der Waals surface area (Å²) in [6.07, 6.45) is 6.14. The molecule has 5 heteroatoms. The van der Waals surface area contributed by atoms with Gasteiger partial charge in [0.1, 0.15) is 0 Å². The van der Waals surface area contributed by atoms with Crippen molar-refractivity contribution < 1.29 is 24.2 Å². The zero-order chi connectivity index (χ0) is 21.7. The van der Waals surface area contributed by atoms with Gasteiger partial charge >= 0.3 is 0 Å². The highest BCUT2D eigenvalue weighted by molar-refractivity contribution is 5.92. The van der Waals surface area contributed by atoms with Gasteiger partial charge in [0.15, 0.2) is 23.0 Å². The summed E-state index contributed by atoms with van der Waals surface area (Å²) in [5.41, 5.74) is -0.310. The van der Waals surface area contributed by atoms with E-state index in [0.717, 1.165) is 25.7 Å². The largest absolute Gasteiger partial charge is 0.393 e. The van der Waals surface area contributed by atoms with E-state index in [-0.39, 0.29) is 34.9 Å². The minimum absolute atomic E-state index is 0.111. The number of ketones is 2. The van der Waals surface area contributed by atoms with Gasteiger partial charge in [-0.25, -0.2) is 0 Å². The summed E-state index contributed by atoms with van der Waals surface area (Å²) in [7, 11) is 0. The third-order valence-corrected chi connectivity index (χ3v) is 9.62. The van der Waals surface area contributed by atoms with Gasteiger partial charge < -0.3 is 14.6 Å². The third-order valence-electron chi connectivity index (χ3n) is 9.62. The molecule has 1 saturated heterocycles. The first-order valence-corrected chi connectivity index (χ1v) is 11.8. The highest BCUT2D eigenvalue weighted by atomic mass is 16.8. The van der Waals surface area contributed by atoms with Crippen LogP contribution in [0.15, 0.2) is 11.6 Å². The molecule has 5 nitrogen and oxygen atoms in total. The van der Waals surface area contributed by atoms with E-state index in [9.17, 15) is 14.7 Å². The molecule has 0 aromatic heterocycles. The molecule has 5 rings (SSSR count). The van der Waals surface area contributed by atoms with Gasteiger partial charge in [0.05, 0.1) is 12.2 Å². The van der Waals surface area contributed by atoms with Crippen molar-refractivity contribution in [2.24, 2.45) is 28.6 Å². The van der Waals surface area contributed by atoms with Crippen molar-refractivity contribution in [2.45, 2.75) is 103 Å². The number of hydrogen-bond donors (Lipinski definition) is 1. The zero-order valence-corrected chi connectivity index (χ0v) is 19.0. The molecule has 8 atom stereocenters. The van der Waals surface area contributed by atoms with Crippen molar-refractivity contribution in [2.75, 3.05) is 0 Å². The van der Waals surface area contributed by atoms with Gasteiger partial charge in [-0.1, -0.05) is 26.3 Å². The lowest BCUT2D eigenvalue weighted by atomic mass is 9.45. The van der Waals surface area contributed by atoms with Crippen molar-refractivity contribution in [3.63, 3.8) is 0 Å². The van der Waals surface area contributed by atoms with Gasteiger partial charge in [-0.3, -0.25) is 9.59 Å². The van der Waals surface area contributed by atoms with Crippen molar-refractivity contribution in [1.29, 1.82) is 0 Å². The molecule has 0 unspecified atom stereocenters. The van der Waals surface area contributed by atoms with Crippen LogP contribution < -0.4 is 0 Å². The number of Topliss-reactive ketones (excluding diaryl/α,β-unsaturated/α-hetero) is 1. The van der Waals surface area contributed by atoms with Gasteiger partial charge in [-0.2, -0.15) is 0 Å². The number of carbonyl (C=O) groups is 2. The Bertz CT molecular complexity index is 829. The number of hydrogen-bond acceptors (Lipinski definition) is 5. The van der Waals surface area contributed by atoms with Crippen LogP contribution in [0.4, 0.5) is 0 Å². The number of aliphatic hydroxyl groups is 1. The Morgan fingerprint density at radius 1 is 1.23 bits per heavy atom. The van der Waals surface area contributed by atoms with Gasteiger partial charge in [-0.05, 0) is 75.2 Å². The van der Waals surface area contributed by atoms with E-state index in [4.69, 9.17) is 9.47 Å². The van der Waals surface area contributed by atoms with Crippen molar-refractivity contribution in [1.82, 2.24) is 0 Å². The molecule has 5 aliphatic rings. The van der Waals surface area contributed by atoms with Crippen LogP contribution in [0.5, 0.6) is 0 Å². The molecule has 0 aromatic rings. The SMILES string of the molecule is CCC(=O)[C@@]12OC(C)(C)O[C@@H]1C[C@H]1[C@@H]3CCC4=CC(=O)CC[C@]4(C)[C@H]3[C@@H](O)C[C@@]12C. The van der Waals surface area contributed by atoms with E-state index in [1.165, 1.54) is 5.57 Å². The van der Waals surface area contributed by atoms with E-state index in [1.807, 2.05) is 26.8 Å². The topological polar surface area (TPSA) is 72.8 Å². The molecule has 1 N–H and O–H groups in total. The second-order valence-corrected chi connectivity index (χ2v) is 11.4. The van der Waals surface area contributed by atoms with E-state index >= 15 is 0 Å². The molecule has 0 aromatic carbocycles. The fourth-order valence-corrected chi connectivity index (χ4v) is 8.55. The molecule has 1 heterocycles. The highest BCUT2D eigenvalue weighted by Gasteiger charge is 2.76. The Morgan fingerprint density at radius 2 is 1.97 bits per heavy atom. The van der Waals surface area contributed by atoms with Crippen molar-refractivity contribution >= 4 is 11.6 Å². The maximum absolute atomic E-state index is 13.4. The molecule has 4 aliphatic carbocycles. The maximum Gasteiger partial charge on any atom is 0.167 e. The molecule has 1 aliphatic heterocycles. The Balaban J connectivity index is 1.58. The van der Waals surface area contributed by atoms with Crippen LogP contribution in [0.1, 0.15) is 79.6 Å². The Labute approximate surface area is 179 Å². The van der Waals surface area contributed by atoms with E-state index in [1.54, 1.807) is 0 Å². The number of carbonyl (C=O) groups excluding carboxylic acids is 2. The van der Waals surface area contributed by atoms with Crippen LogP contribution in [0.2, 0.25) is 0 Å². The molecule has 0 bridgehead atoms. The van der Waals surface area contributed by atoms with Crippen LogP contribution in [-0.2, 0) is 19.1 Å². The Morgan fingerprint density at radius 3 is 2.67 bits per heavy atom. The van der Waals surface area contributed by atoms with Gasteiger partial charge in [0.25, 0.3) is 0 Å². The normalized spacial score (nSPS) is 51.5. The average Bonchev–Trinajstić information content (AvgIpc) is 3.07. The summed E-state index contributed by atoms with van der Waals surface area (Å²) in [4.78, 5) is 25.5. The van der Waals surface area contributed by atoms with Crippen molar-refractivity contribution in [3.8, 4) is 0 Å². The Hall–Kier alpha value is -1.04. The van der Waals surface area contributed by atoms with Crippen LogP contribution in [0, 0.1) is 28.6 Å². The predicted molar refractivity (Wildman–Crippen MR) is 112 cm³/mol. The first-order valence-electron chi connectivity index (χ1n) is 11.8. The molecule has 0 spiro atoms. The summed E-state index contributed by atoms with van der Waals surface area (Å²) in [5.74, 6) is 0.269. The van der Waals surface area contributed by atoms with Crippen LogP contribution in [0.25, 0.3) is 0 Å². The van der Waals surface area contributed by atoms with Gasteiger partial charge in [0.2, 0.25) is 0 Å². The second kappa shape index (κ2) is 6.26. The van der Waals surface area contributed by atoms with E-state index in [0.29, 0.717) is 25.2 Å². The molecule has 30 heavy (non-hydrogen) atoms.